The molecule has 0 radical (unpaired) electrons. The maximum Gasteiger partial charge on any atom is 0.422 e. The number of amides is 2. The van der Waals surface area contributed by atoms with Crippen LogP contribution in [0.2, 0.25) is 0 Å². The molecule has 1 atom stereocenters. The third-order valence-corrected chi connectivity index (χ3v) is 4.63. The smallest absolute Gasteiger partial charge is 0.422 e. The van der Waals surface area contributed by atoms with Crippen molar-refractivity contribution in [2.45, 2.75) is 59.8 Å². The molecule has 0 heterocycles. The summed E-state index contributed by atoms with van der Waals surface area (Å²) < 4.78 is 38.4. The minimum Gasteiger partial charge on any atom is -0.444 e. The number of alkyl carbamates (subject to hydrolysis) is 1. The number of hydrogen-bond acceptors (Lipinski definition) is 6. The van der Waals surface area contributed by atoms with Crippen LogP contribution < -0.4 is 14.8 Å². The van der Waals surface area contributed by atoms with Gasteiger partial charge < -0.3 is 14.8 Å². The molecule has 0 aromatic heterocycles. The summed E-state index contributed by atoms with van der Waals surface area (Å²) in [6, 6.07) is 8.27. The average molecular weight is 430 g/mol. The van der Waals surface area contributed by atoms with Crippen LogP contribution in [0.4, 0.5) is 9.59 Å². The normalized spacial score (nSPS) is 13.3. The molecule has 1 rings (SSSR count). The molecule has 3 N–H and O–H groups in total. The van der Waals surface area contributed by atoms with E-state index in [-0.39, 0.29) is 13.2 Å². The zero-order valence-corrected chi connectivity index (χ0v) is 18.6. The molecule has 0 aliphatic carbocycles. The Morgan fingerprint density at radius 2 is 1.59 bits per heavy atom. The van der Waals surface area contributed by atoms with Gasteiger partial charge in [-0.3, -0.25) is 0 Å². The number of nitrogens with one attached hydrogen (secondary N) is 3. The van der Waals surface area contributed by atoms with E-state index in [9.17, 15) is 18.0 Å². The van der Waals surface area contributed by atoms with E-state index in [4.69, 9.17) is 9.47 Å². The number of benzene rings is 1. The summed E-state index contributed by atoms with van der Waals surface area (Å²) in [5, 5.41) is 2.65. The van der Waals surface area contributed by atoms with Gasteiger partial charge in [0.05, 0.1) is 6.04 Å². The summed E-state index contributed by atoms with van der Waals surface area (Å²) in [5.74, 6) is 0. The molecule has 1 aromatic carbocycles. The first kappa shape index (κ1) is 24.7. The average Bonchev–Trinajstić information content (AvgIpc) is 2.54. The minimum atomic E-state index is -4.18. The van der Waals surface area contributed by atoms with E-state index in [1.165, 1.54) is 0 Å². The van der Waals surface area contributed by atoms with Crippen LogP contribution >= 0.6 is 0 Å². The second-order valence-electron chi connectivity index (χ2n) is 8.58. The highest BCUT2D eigenvalue weighted by Gasteiger charge is 2.30. The summed E-state index contributed by atoms with van der Waals surface area (Å²) in [4.78, 5) is 23.8. The maximum atomic E-state index is 12.1. The van der Waals surface area contributed by atoms with Crippen molar-refractivity contribution in [3.05, 3.63) is 35.9 Å². The molecule has 0 saturated heterocycles. The van der Waals surface area contributed by atoms with Gasteiger partial charge in [0, 0.05) is 6.54 Å². The molecular weight excluding hydrogens is 398 g/mol. The molecule has 0 fully saturated rings. The van der Waals surface area contributed by atoms with Crippen molar-refractivity contribution in [1.82, 2.24) is 14.8 Å². The first-order valence-corrected chi connectivity index (χ1v) is 10.6. The Kier molecular flexibility index (Phi) is 8.46. The van der Waals surface area contributed by atoms with Gasteiger partial charge in [-0.05, 0) is 31.7 Å². The molecule has 0 unspecified atom stereocenters. The first-order chi connectivity index (χ1) is 13.2. The van der Waals surface area contributed by atoms with Gasteiger partial charge in [0.2, 0.25) is 0 Å². The Balaban J connectivity index is 2.60. The lowest BCUT2D eigenvalue weighted by Gasteiger charge is -2.32. The van der Waals surface area contributed by atoms with Crippen molar-refractivity contribution < 1.29 is 27.5 Å². The molecule has 0 saturated carbocycles. The number of hydrogen-bond donors (Lipinski definition) is 3. The molecule has 0 aliphatic heterocycles. The molecule has 164 valence electrons. The van der Waals surface area contributed by atoms with Crippen molar-refractivity contribution >= 4 is 22.4 Å². The second-order valence-corrected chi connectivity index (χ2v) is 10.1. The summed E-state index contributed by atoms with van der Waals surface area (Å²) in [7, 11) is -4.18. The zero-order valence-electron chi connectivity index (χ0n) is 17.7. The molecule has 0 aliphatic rings. The van der Waals surface area contributed by atoms with Crippen LogP contribution in [0.25, 0.3) is 0 Å². The Morgan fingerprint density at radius 3 is 2.10 bits per heavy atom. The van der Waals surface area contributed by atoms with Crippen LogP contribution in [0, 0.1) is 5.41 Å². The van der Waals surface area contributed by atoms with Gasteiger partial charge in [0.25, 0.3) is 0 Å². The molecule has 0 spiro atoms. The van der Waals surface area contributed by atoms with E-state index in [0.717, 1.165) is 5.56 Å². The molecule has 2 amide bonds. The molecule has 29 heavy (non-hydrogen) atoms. The van der Waals surface area contributed by atoms with Gasteiger partial charge in [-0.25, -0.2) is 14.3 Å². The van der Waals surface area contributed by atoms with Gasteiger partial charge in [0.15, 0.2) is 0 Å². The highest BCUT2D eigenvalue weighted by atomic mass is 32.2. The van der Waals surface area contributed by atoms with E-state index in [2.05, 4.69) is 10.0 Å². The lowest BCUT2D eigenvalue weighted by molar-refractivity contribution is 0.0465. The Hall–Kier alpha value is -2.33. The molecular formula is C19H31N3O6S. The van der Waals surface area contributed by atoms with Crippen LogP contribution in [0.5, 0.6) is 0 Å². The zero-order chi connectivity index (χ0) is 22.3. The second kappa shape index (κ2) is 9.93. The topological polar surface area (TPSA) is 123 Å². The van der Waals surface area contributed by atoms with E-state index in [0.29, 0.717) is 0 Å². The molecule has 10 heteroatoms. The SMILES string of the molecule is CC(C)(C)OC(=O)N[C@@H](CNS(=O)(=O)NC(=O)OCc1ccccc1)C(C)(C)C. The van der Waals surface area contributed by atoms with Crippen LogP contribution in [0.1, 0.15) is 47.1 Å². The van der Waals surface area contributed by atoms with E-state index < -0.39 is 39.5 Å². The van der Waals surface area contributed by atoms with Crippen LogP contribution in [-0.2, 0) is 26.3 Å². The van der Waals surface area contributed by atoms with Crippen molar-refractivity contribution in [2.24, 2.45) is 5.41 Å². The summed E-state index contributed by atoms with van der Waals surface area (Å²) in [6.45, 7) is 10.5. The predicted octanol–water partition coefficient (Wildman–Crippen LogP) is 2.69. The third-order valence-electron chi connectivity index (χ3n) is 3.64. The van der Waals surface area contributed by atoms with Gasteiger partial charge in [0.1, 0.15) is 12.2 Å². The van der Waals surface area contributed by atoms with Crippen LogP contribution in [-0.4, -0.2) is 38.8 Å². The highest BCUT2D eigenvalue weighted by molar-refractivity contribution is 7.88. The minimum absolute atomic E-state index is 0.0625. The van der Waals surface area contributed by atoms with E-state index >= 15 is 0 Å². The van der Waals surface area contributed by atoms with Crippen molar-refractivity contribution in [3.8, 4) is 0 Å². The van der Waals surface area contributed by atoms with Crippen LogP contribution in [0.3, 0.4) is 0 Å². The predicted molar refractivity (Wildman–Crippen MR) is 109 cm³/mol. The molecule has 9 nitrogen and oxygen atoms in total. The Morgan fingerprint density at radius 1 is 1.00 bits per heavy atom. The molecule has 1 aromatic rings. The van der Waals surface area contributed by atoms with Crippen molar-refractivity contribution in [2.75, 3.05) is 6.54 Å². The van der Waals surface area contributed by atoms with E-state index in [1.807, 2.05) is 26.8 Å². The van der Waals surface area contributed by atoms with Gasteiger partial charge in [-0.15, -0.1) is 0 Å². The third kappa shape index (κ3) is 10.7. The van der Waals surface area contributed by atoms with Gasteiger partial charge in [-0.1, -0.05) is 51.1 Å². The quantitative estimate of drug-likeness (QED) is 0.612. The number of rotatable bonds is 7. The number of carbonyl (C=O) groups is 2. The van der Waals surface area contributed by atoms with Gasteiger partial charge >= 0.3 is 22.4 Å². The molecule has 0 bridgehead atoms. The summed E-state index contributed by atoms with van der Waals surface area (Å²) in [5.41, 5.74) is -0.439. The van der Waals surface area contributed by atoms with E-state index in [1.54, 1.807) is 49.8 Å². The maximum absolute atomic E-state index is 12.1. The van der Waals surface area contributed by atoms with Gasteiger partial charge in [-0.2, -0.15) is 13.1 Å². The monoisotopic (exact) mass is 429 g/mol. The summed E-state index contributed by atoms with van der Waals surface area (Å²) in [6.07, 6.45) is -1.76. The van der Waals surface area contributed by atoms with Crippen molar-refractivity contribution in [1.29, 1.82) is 0 Å². The number of ether oxygens (including phenoxy) is 2. The number of carbonyl (C=O) groups excluding carboxylic acids is 2. The lowest BCUT2D eigenvalue weighted by Crippen LogP contribution is -2.53. The highest BCUT2D eigenvalue weighted by Crippen LogP contribution is 2.19. The lowest BCUT2D eigenvalue weighted by atomic mass is 9.87. The fourth-order valence-corrected chi connectivity index (χ4v) is 2.85. The standard InChI is InChI=1S/C19H31N3O6S/c1-18(2,3)15(21-16(23)28-19(4,5)6)12-20-29(25,26)22-17(24)27-13-14-10-8-7-9-11-14/h7-11,15,20H,12-13H2,1-6H3,(H,21,23)(H,22,24)/t15-/m0/s1. The fourth-order valence-electron chi connectivity index (χ4n) is 2.11. The Bertz CT molecular complexity index is 782. The van der Waals surface area contributed by atoms with Crippen molar-refractivity contribution in [3.63, 3.8) is 0 Å². The Labute approximate surface area is 172 Å². The fraction of sp³-hybridized carbons (Fsp3) is 0.579. The largest absolute Gasteiger partial charge is 0.444 e. The summed E-state index contributed by atoms with van der Waals surface area (Å²) >= 11 is 0. The first-order valence-electron chi connectivity index (χ1n) is 9.15. The van der Waals surface area contributed by atoms with Crippen LogP contribution in [0.15, 0.2) is 30.3 Å².